The van der Waals surface area contributed by atoms with Crippen molar-refractivity contribution in [1.29, 1.82) is 0 Å². The van der Waals surface area contributed by atoms with Crippen molar-refractivity contribution in [1.82, 2.24) is 10.3 Å². The minimum absolute atomic E-state index is 0.0974. The molecule has 0 radical (unpaired) electrons. The van der Waals surface area contributed by atoms with Crippen molar-refractivity contribution >= 4 is 0 Å². The van der Waals surface area contributed by atoms with Crippen LogP contribution in [0.15, 0.2) is 47.4 Å². The molecule has 0 aliphatic rings. The van der Waals surface area contributed by atoms with Gasteiger partial charge in [-0.05, 0) is 18.6 Å². The van der Waals surface area contributed by atoms with Crippen molar-refractivity contribution in [3.63, 3.8) is 0 Å². The third-order valence-corrected chi connectivity index (χ3v) is 3.01. The quantitative estimate of drug-likeness (QED) is 0.761. The molecule has 0 fully saturated rings. The monoisotopic (exact) mass is 258 g/mol. The number of rotatable bonds is 5. The van der Waals surface area contributed by atoms with E-state index < -0.39 is 6.10 Å². The lowest BCUT2D eigenvalue weighted by Crippen LogP contribution is -2.24. The molecule has 1 aromatic carbocycles. The average molecular weight is 258 g/mol. The zero-order chi connectivity index (χ0) is 13.7. The summed E-state index contributed by atoms with van der Waals surface area (Å²) < 4.78 is 0. The lowest BCUT2D eigenvalue weighted by atomic mass is 10.1. The van der Waals surface area contributed by atoms with Gasteiger partial charge in [-0.2, -0.15) is 0 Å². The van der Waals surface area contributed by atoms with E-state index in [9.17, 15) is 9.90 Å². The standard InChI is InChI=1S/C15H18N2O2/c1-11-4-6-12(7-5-11)14(18)10-16-9-13-3-2-8-17-15(13)19/h2-8,14,16,18H,9-10H2,1H3,(H,17,19)/t14-/m0/s1. The summed E-state index contributed by atoms with van der Waals surface area (Å²) >= 11 is 0. The zero-order valence-corrected chi connectivity index (χ0v) is 10.9. The Morgan fingerprint density at radius 3 is 2.68 bits per heavy atom. The van der Waals surface area contributed by atoms with Gasteiger partial charge in [0.25, 0.3) is 5.56 Å². The number of nitrogens with one attached hydrogen (secondary N) is 2. The van der Waals surface area contributed by atoms with Crippen molar-refractivity contribution in [2.45, 2.75) is 19.6 Å². The van der Waals surface area contributed by atoms with Crippen molar-refractivity contribution in [2.24, 2.45) is 0 Å². The maximum Gasteiger partial charge on any atom is 0.252 e. The minimum atomic E-state index is -0.566. The highest BCUT2D eigenvalue weighted by Gasteiger charge is 2.07. The molecule has 0 bridgehead atoms. The highest BCUT2D eigenvalue weighted by atomic mass is 16.3. The van der Waals surface area contributed by atoms with Gasteiger partial charge in [0.05, 0.1) is 6.10 Å². The van der Waals surface area contributed by atoms with Crippen LogP contribution in [0.3, 0.4) is 0 Å². The molecular weight excluding hydrogens is 240 g/mol. The highest BCUT2D eigenvalue weighted by Crippen LogP contribution is 2.12. The maximum atomic E-state index is 11.4. The Balaban J connectivity index is 1.87. The van der Waals surface area contributed by atoms with Gasteiger partial charge < -0.3 is 15.4 Å². The Morgan fingerprint density at radius 2 is 2.00 bits per heavy atom. The highest BCUT2D eigenvalue weighted by molar-refractivity contribution is 5.23. The number of aliphatic hydroxyl groups excluding tert-OH is 1. The molecule has 0 unspecified atom stereocenters. The smallest absolute Gasteiger partial charge is 0.252 e. The molecule has 3 N–H and O–H groups in total. The minimum Gasteiger partial charge on any atom is -0.387 e. The van der Waals surface area contributed by atoms with Gasteiger partial charge in [0.2, 0.25) is 0 Å². The third-order valence-electron chi connectivity index (χ3n) is 3.01. The second-order valence-electron chi connectivity index (χ2n) is 4.58. The molecule has 2 rings (SSSR count). The number of aromatic amines is 1. The average Bonchev–Trinajstić information content (AvgIpc) is 2.41. The summed E-state index contributed by atoms with van der Waals surface area (Å²) in [6, 6.07) is 11.3. The third kappa shape index (κ3) is 3.77. The van der Waals surface area contributed by atoms with Gasteiger partial charge in [-0.1, -0.05) is 35.9 Å². The van der Waals surface area contributed by atoms with Crippen LogP contribution in [0.2, 0.25) is 0 Å². The lowest BCUT2D eigenvalue weighted by molar-refractivity contribution is 0.174. The first-order valence-corrected chi connectivity index (χ1v) is 6.29. The van der Waals surface area contributed by atoms with Crippen LogP contribution in [0.5, 0.6) is 0 Å². The summed E-state index contributed by atoms with van der Waals surface area (Å²) in [7, 11) is 0. The fourth-order valence-corrected chi connectivity index (χ4v) is 1.85. The molecule has 2 aromatic rings. The van der Waals surface area contributed by atoms with E-state index in [4.69, 9.17) is 0 Å². The molecule has 4 heteroatoms. The van der Waals surface area contributed by atoms with Gasteiger partial charge in [0, 0.05) is 24.8 Å². The number of hydrogen-bond acceptors (Lipinski definition) is 3. The predicted octanol–water partition coefficient (Wildman–Crippen LogP) is 1.51. The summed E-state index contributed by atoms with van der Waals surface area (Å²) in [5.74, 6) is 0. The van der Waals surface area contributed by atoms with Crippen LogP contribution in [-0.2, 0) is 6.54 Å². The summed E-state index contributed by atoms with van der Waals surface area (Å²) in [4.78, 5) is 14.1. The topological polar surface area (TPSA) is 65.1 Å². The van der Waals surface area contributed by atoms with E-state index >= 15 is 0 Å². The molecule has 0 spiro atoms. The van der Waals surface area contributed by atoms with E-state index in [-0.39, 0.29) is 5.56 Å². The van der Waals surface area contributed by atoms with Gasteiger partial charge in [0.15, 0.2) is 0 Å². The first-order valence-electron chi connectivity index (χ1n) is 6.29. The molecule has 0 saturated carbocycles. The van der Waals surface area contributed by atoms with E-state index in [0.29, 0.717) is 18.7 Å². The number of pyridine rings is 1. The molecule has 0 saturated heterocycles. The van der Waals surface area contributed by atoms with Crippen LogP contribution >= 0.6 is 0 Å². The van der Waals surface area contributed by atoms with E-state index in [1.165, 1.54) is 5.56 Å². The Labute approximate surface area is 112 Å². The number of H-pyrrole nitrogens is 1. The fourth-order valence-electron chi connectivity index (χ4n) is 1.85. The first-order chi connectivity index (χ1) is 9.16. The Hall–Kier alpha value is -1.91. The summed E-state index contributed by atoms with van der Waals surface area (Å²) in [5, 5.41) is 13.1. The molecule has 1 atom stereocenters. The van der Waals surface area contributed by atoms with E-state index in [0.717, 1.165) is 5.56 Å². The van der Waals surface area contributed by atoms with Crippen molar-refractivity contribution in [3.05, 3.63) is 69.6 Å². The van der Waals surface area contributed by atoms with E-state index in [2.05, 4.69) is 10.3 Å². The SMILES string of the molecule is Cc1ccc([C@@H](O)CNCc2ccc[nH]c2=O)cc1. The molecular formula is C15H18N2O2. The number of hydrogen-bond donors (Lipinski definition) is 3. The van der Waals surface area contributed by atoms with E-state index in [1.807, 2.05) is 31.2 Å². The van der Waals surface area contributed by atoms with Crippen molar-refractivity contribution in [3.8, 4) is 0 Å². The fraction of sp³-hybridized carbons (Fsp3) is 0.267. The molecule has 100 valence electrons. The van der Waals surface area contributed by atoms with Gasteiger partial charge in [-0.25, -0.2) is 0 Å². The van der Waals surface area contributed by atoms with Crippen molar-refractivity contribution < 1.29 is 5.11 Å². The number of aliphatic hydroxyl groups is 1. The molecule has 0 amide bonds. The molecule has 0 aliphatic heterocycles. The first kappa shape index (κ1) is 13.5. The van der Waals surface area contributed by atoms with Crippen molar-refractivity contribution in [2.75, 3.05) is 6.54 Å². The van der Waals surface area contributed by atoms with Gasteiger partial charge in [-0.15, -0.1) is 0 Å². The summed E-state index contributed by atoms with van der Waals surface area (Å²) in [6.07, 6.45) is 1.04. The normalized spacial score (nSPS) is 12.3. The second kappa shape index (κ2) is 6.31. The van der Waals surface area contributed by atoms with Crippen LogP contribution in [0.1, 0.15) is 22.8 Å². The number of aryl methyl sites for hydroxylation is 1. The Morgan fingerprint density at radius 1 is 1.26 bits per heavy atom. The van der Waals surface area contributed by atoms with Gasteiger partial charge in [0.1, 0.15) is 0 Å². The van der Waals surface area contributed by atoms with Crippen LogP contribution in [0.4, 0.5) is 0 Å². The zero-order valence-electron chi connectivity index (χ0n) is 10.9. The summed E-state index contributed by atoms with van der Waals surface area (Å²) in [6.45, 7) is 2.87. The van der Waals surface area contributed by atoms with E-state index in [1.54, 1.807) is 18.3 Å². The molecule has 1 aromatic heterocycles. The molecule has 4 nitrogen and oxygen atoms in total. The van der Waals surface area contributed by atoms with Crippen LogP contribution in [0.25, 0.3) is 0 Å². The number of benzene rings is 1. The summed E-state index contributed by atoms with van der Waals surface area (Å²) in [5.41, 5.74) is 2.61. The largest absolute Gasteiger partial charge is 0.387 e. The predicted molar refractivity (Wildman–Crippen MR) is 74.9 cm³/mol. The molecule has 0 aliphatic carbocycles. The van der Waals surface area contributed by atoms with Gasteiger partial charge in [-0.3, -0.25) is 4.79 Å². The number of aromatic nitrogens is 1. The van der Waals surface area contributed by atoms with Crippen LogP contribution < -0.4 is 10.9 Å². The molecule has 1 heterocycles. The Bertz CT molecular complexity index is 575. The van der Waals surface area contributed by atoms with Crippen LogP contribution in [0, 0.1) is 6.92 Å². The second-order valence-corrected chi connectivity index (χ2v) is 4.58. The lowest BCUT2D eigenvalue weighted by Gasteiger charge is -2.12. The van der Waals surface area contributed by atoms with Crippen LogP contribution in [-0.4, -0.2) is 16.6 Å². The molecule has 19 heavy (non-hydrogen) atoms. The van der Waals surface area contributed by atoms with Gasteiger partial charge >= 0.3 is 0 Å². The Kier molecular flexibility index (Phi) is 4.49. The maximum absolute atomic E-state index is 11.4.